The molecule has 7 heteroatoms. The third-order valence-corrected chi connectivity index (χ3v) is 5.00. The fraction of sp³-hybridized carbons (Fsp3) is 0.130. The first-order valence-corrected chi connectivity index (χ1v) is 9.40. The number of fused-ring (bicyclic) bond motifs is 1. The fourth-order valence-corrected chi connectivity index (χ4v) is 3.50. The highest BCUT2D eigenvalue weighted by molar-refractivity contribution is 6.08. The molecule has 4 rings (SSSR count). The van der Waals surface area contributed by atoms with Crippen LogP contribution in [0.15, 0.2) is 60.7 Å². The Balaban J connectivity index is 1.59. The summed E-state index contributed by atoms with van der Waals surface area (Å²) in [5, 5.41) is 2.26. The first-order valence-electron chi connectivity index (χ1n) is 9.40. The molecule has 0 aliphatic carbocycles. The lowest BCUT2D eigenvalue weighted by molar-refractivity contribution is 0.0984. The van der Waals surface area contributed by atoms with E-state index in [4.69, 9.17) is 0 Å². The van der Waals surface area contributed by atoms with E-state index in [-0.39, 0.29) is 11.5 Å². The molecule has 1 N–H and O–H groups in total. The highest BCUT2D eigenvalue weighted by Gasteiger charge is 2.25. The molecule has 3 aromatic carbocycles. The second-order valence-electron chi connectivity index (χ2n) is 6.96. The van der Waals surface area contributed by atoms with E-state index in [9.17, 15) is 22.8 Å². The number of carbonyl (C=O) groups excluding carboxylic acids is 2. The number of halogens is 3. The Bertz CT molecular complexity index is 1110. The van der Waals surface area contributed by atoms with Crippen LogP contribution < -0.4 is 10.2 Å². The molecule has 1 heterocycles. The number of rotatable bonds is 3. The lowest BCUT2D eigenvalue weighted by Gasteiger charge is -2.30. The lowest BCUT2D eigenvalue weighted by Crippen LogP contribution is -2.35. The number of hydrogen-bond acceptors (Lipinski definition) is 2. The number of aryl methyl sites for hydroxylation is 1. The minimum absolute atomic E-state index is 0.229. The van der Waals surface area contributed by atoms with Gasteiger partial charge in [0.15, 0.2) is 0 Å². The Morgan fingerprint density at radius 1 is 0.867 bits per heavy atom. The minimum Gasteiger partial charge on any atom is -0.317 e. The molecule has 1 aliphatic heterocycles. The molecular weight excluding hydrogens is 393 g/mol. The Hall–Kier alpha value is -3.61. The van der Waals surface area contributed by atoms with Gasteiger partial charge in [-0.15, -0.1) is 0 Å². The maximum absolute atomic E-state index is 13.8. The number of hydrogen-bond donors (Lipinski definition) is 1. The monoisotopic (exact) mass is 410 g/mol. The van der Waals surface area contributed by atoms with Gasteiger partial charge in [0.1, 0.15) is 23.1 Å². The third-order valence-electron chi connectivity index (χ3n) is 5.00. The molecule has 30 heavy (non-hydrogen) atoms. The first kappa shape index (κ1) is 19.7. The van der Waals surface area contributed by atoms with Crippen LogP contribution in [-0.4, -0.2) is 18.4 Å². The van der Waals surface area contributed by atoms with E-state index in [1.807, 2.05) is 0 Å². The van der Waals surface area contributed by atoms with Gasteiger partial charge < -0.3 is 10.2 Å². The largest absolute Gasteiger partial charge is 0.317 e. The van der Waals surface area contributed by atoms with Crippen molar-refractivity contribution in [2.45, 2.75) is 12.8 Å². The molecular formula is C23H17F3N2O2. The summed E-state index contributed by atoms with van der Waals surface area (Å²) in [5.41, 5.74) is 1.52. The highest BCUT2D eigenvalue weighted by Crippen LogP contribution is 2.30. The molecule has 1 aliphatic rings. The van der Waals surface area contributed by atoms with Crippen molar-refractivity contribution in [3.05, 3.63) is 94.8 Å². The third kappa shape index (κ3) is 3.78. The van der Waals surface area contributed by atoms with E-state index in [1.54, 1.807) is 17.0 Å². The van der Waals surface area contributed by atoms with Crippen molar-refractivity contribution < 1.29 is 22.8 Å². The maximum Gasteiger partial charge on any atom is 0.258 e. The summed E-state index contributed by atoms with van der Waals surface area (Å²) in [7, 11) is 0. The second kappa shape index (κ2) is 8.02. The summed E-state index contributed by atoms with van der Waals surface area (Å²) in [4.78, 5) is 26.9. The van der Waals surface area contributed by atoms with Gasteiger partial charge in [0.2, 0.25) is 0 Å². The topological polar surface area (TPSA) is 49.4 Å². The molecule has 0 bridgehead atoms. The summed E-state index contributed by atoms with van der Waals surface area (Å²) < 4.78 is 40.8. The smallest absolute Gasteiger partial charge is 0.258 e. The Morgan fingerprint density at radius 3 is 2.23 bits per heavy atom. The van der Waals surface area contributed by atoms with Crippen LogP contribution in [0.25, 0.3) is 0 Å². The van der Waals surface area contributed by atoms with E-state index in [1.165, 1.54) is 36.4 Å². The molecule has 0 fully saturated rings. The van der Waals surface area contributed by atoms with E-state index in [0.29, 0.717) is 30.6 Å². The van der Waals surface area contributed by atoms with Crippen molar-refractivity contribution >= 4 is 23.2 Å². The van der Waals surface area contributed by atoms with Crippen molar-refractivity contribution in [3.8, 4) is 0 Å². The Labute approximate surface area is 170 Å². The summed E-state index contributed by atoms with van der Waals surface area (Å²) >= 11 is 0. The number of amides is 2. The van der Waals surface area contributed by atoms with Gasteiger partial charge in [0, 0.05) is 23.4 Å². The zero-order valence-corrected chi connectivity index (χ0v) is 15.8. The standard InChI is InChI=1S/C23H17F3N2O2/c24-17-9-6-14(7-10-17)23(30)28-12-2-3-15-13-16(8-11-20(15)28)22(29)27-21-18(25)4-1-5-19(21)26/h1,4-11,13H,2-3,12H2,(H,27,29). The van der Waals surface area contributed by atoms with Gasteiger partial charge in [-0.3, -0.25) is 9.59 Å². The molecule has 0 saturated carbocycles. The van der Waals surface area contributed by atoms with Gasteiger partial charge in [0.25, 0.3) is 11.8 Å². The molecule has 0 spiro atoms. The molecule has 0 radical (unpaired) electrons. The average molecular weight is 410 g/mol. The van der Waals surface area contributed by atoms with E-state index in [0.717, 1.165) is 17.7 Å². The van der Waals surface area contributed by atoms with Crippen LogP contribution in [-0.2, 0) is 6.42 Å². The van der Waals surface area contributed by atoms with Crippen LogP contribution in [0.5, 0.6) is 0 Å². The zero-order valence-electron chi connectivity index (χ0n) is 15.8. The van der Waals surface area contributed by atoms with Gasteiger partial charge in [-0.2, -0.15) is 0 Å². The number of nitrogens with one attached hydrogen (secondary N) is 1. The fourth-order valence-electron chi connectivity index (χ4n) is 3.50. The van der Waals surface area contributed by atoms with Crippen LogP contribution in [0.3, 0.4) is 0 Å². The van der Waals surface area contributed by atoms with Crippen LogP contribution >= 0.6 is 0 Å². The number of para-hydroxylation sites is 1. The van der Waals surface area contributed by atoms with Gasteiger partial charge >= 0.3 is 0 Å². The summed E-state index contributed by atoms with van der Waals surface area (Å²) in [6.45, 7) is 0.495. The molecule has 0 aromatic heterocycles. The summed E-state index contributed by atoms with van der Waals surface area (Å²) in [6, 6.07) is 13.4. The lowest BCUT2D eigenvalue weighted by atomic mass is 9.98. The van der Waals surface area contributed by atoms with Crippen LogP contribution in [0.1, 0.15) is 32.7 Å². The van der Waals surface area contributed by atoms with Crippen molar-refractivity contribution in [3.63, 3.8) is 0 Å². The quantitative estimate of drug-likeness (QED) is 0.664. The summed E-state index contributed by atoms with van der Waals surface area (Å²) in [5.74, 6) is -3.06. The molecule has 0 unspecified atom stereocenters. The molecule has 0 saturated heterocycles. The summed E-state index contributed by atoms with van der Waals surface area (Å²) in [6.07, 6.45) is 1.34. The van der Waals surface area contributed by atoms with Gasteiger partial charge in [-0.05, 0) is 73.0 Å². The maximum atomic E-state index is 13.8. The predicted molar refractivity (Wildman–Crippen MR) is 107 cm³/mol. The molecule has 152 valence electrons. The van der Waals surface area contributed by atoms with Crippen LogP contribution in [0.4, 0.5) is 24.5 Å². The molecule has 2 amide bonds. The van der Waals surface area contributed by atoms with Gasteiger partial charge in [-0.25, -0.2) is 13.2 Å². The molecule has 4 nitrogen and oxygen atoms in total. The van der Waals surface area contributed by atoms with Crippen LogP contribution in [0.2, 0.25) is 0 Å². The predicted octanol–water partition coefficient (Wildman–Crippen LogP) is 4.95. The number of benzene rings is 3. The zero-order chi connectivity index (χ0) is 21.3. The number of carbonyl (C=O) groups is 2. The second-order valence-corrected chi connectivity index (χ2v) is 6.96. The van der Waals surface area contributed by atoms with Crippen LogP contribution in [0, 0.1) is 17.5 Å². The van der Waals surface area contributed by atoms with E-state index in [2.05, 4.69) is 5.32 Å². The number of anilines is 2. The average Bonchev–Trinajstić information content (AvgIpc) is 2.75. The highest BCUT2D eigenvalue weighted by atomic mass is 19.1. The van der Waals surface area contributed by atoms with Gasteiger partial charge in [0.05, 0.1) is 0 Å². The number of nitrogens with zero attached hydrogens (tertiary/aromatic N) is 1. The van der Waals surface area contributed by atoms with Crippen molar-refractivity contribution in [1.82, 2.24) is 0 Å². The molecule has 0 atom stereocenters. The first-order chi connectivity index (χ1) is 14.4. The van der Waals surface area contributed by atoms with E-state index < -0.39 is 29.0 Å². The van der Waals surface area contributed by atoms with E-state index >= 15 is 0 Å². The molecule has 3 aromatic rings. The van der Waals surface area contributed by atoms with Crippen molar-refractivity contribution in [2.24, 2.45) is 0 Å². The Morgan fingerprint density at radius 2 is 1.53 bits per heavy atom. The van der Waals surface area contributed by atoms with Gasteiger partial charge in [-0.1, -0.05) is 6.07 Å². The van der Waals surface area contributed by atoms with Crippen molar-refractivity contribution in [2.75, 3.05) is 16.8 Å². The minimum atomic E-state index is -0.864. The normalized spacial score (nSPS) is 13.0. The Kier molecular flexibility index (Phi) is 5.27. The van der Waals surface area contributed by atoms with Crippen molar-refractivity contribution in [1.29, 1.82) is 0 Å². The SMILES string of the molecule is O=C(Nc1c(F)cccc1F)c1ccc2c(c1)CCCN2C(=O)c1ccc(F)cc1.